The molecule has 0 aliphatic rings. The second kappa shape index (κ2) is 5.34. The molecule has 2 rings (SSSR count). The highest BCUT2D eigenvalue weighted by Crippen LogP contribution is 2.06. The van der Waals surface area contributed by atoms with Crippen LogP contribution in [0.4, 0.5) is 0 Å². The third-order valence-electron chi connectivity index (χ3n) is 2.72. The third-order valence-corrected chi connectivity index (χ3v) is 2.72. The van der Waals surface area contributed by atoms with Crippen LogP contribution in [0.2, 0.25) is 0 Å². The van der Waals surface area contributed by atoms with E-state index in [1.165, 1.54) is 13.2 Å². The molecular formula is C13H13N3O3. The summed E-state index contributed by atoms with van der Waals surface area (Å²) in [5.74, 6) is -0.902. The number of benzene rings is 1. The normalized spacial score (nSPS) is 10.2. The van der Waals surface area contributed by atoms with E-state index in [1.807, 2.05) is 0 Å². The Morgan fingerprint density at radius 1 is 1.26 bits per heavy atom. The predicted octanol–water partition coefficient (Wildman–Crippen LogP) is 0.00390. The summed E-state index contributed by atoms with van der Waals surface area (Å²) in [5, 5.41) is 5.20. The lowest BCUT2D eigenvalue weighted by molar-refractivity contribution is -0.119. The Balaban J connectivity index is 2.30. The zero-order chi connectivity index (χ0) is 13.8. The first-order valence-corrected chi connectivity index (χ1v) is 5.72. The van der Waals surface area contributed by atoms with Crippen molar-refractivity contribution in [1.29, 1.82) is 0 Å². The quantitative estimate of drug-likeness (QED) is 0.724. The summed E-state index contributed by atoms with van der Waals surface area (Å²) in [4.78, 5) is 37.8. The van der Waals surface area contributed by atoms with E-state index in [9.17, 15) is 14.4 Å². The van der Waals surface area contributed by atoms with Crippen LogP contribution in [0.25, 0.3) is 10.9 Å². The number of para-hydroxylation sites is 1. The van der Waals surface area contributed by atoms with E-state index in [0.29, 0.717) is 10.9 Å². The number of fused-ring (bicyclic) bond motifs is 1. The van der Waals surface area contributed by atoms with Crippen molar-refractivity contribution in [3.05, 3.63) is 46.2 Å². The molecule has 6 heteroatoms. The van der Waals surface area contributed by atoms with Gasteiger partial charge in [-0.25, -0.2) is 0 Å². The minimum Gasteiger partial charge on any atom is -0.360 e. The summed E-state index contributed by atoms with van der Waals surface area (Å²) in [6.07, 6.45) is 1.35. The Kier molecular flexibility index (Phi) is 3.61. The van der Waals surface area contributed by atoms with Gasteiger partial charge in [0, 0.05) is 24.1 Å². The van der Waals surface area contributed by atoms with Gasteiger partial charge in [-0.05, 0) is 12.1 Å². The SMILES string of the molecule is CNC(=O)CNC(=O)c1c[nH]c2ccccc2c1=O. The van der Waals surface area contributed by atoms with Gasteiger partial charge in [0.1, 0.15) is 5.56 Å². The fourth-order valence-corrected chi connectivity index (χ4v) is 1.68. The third kappa shape index (κ3) is 2.62. The second-order valence-corrected chi connectivity index (χ2v) is 3.93. The summed E-state index contributed by atoms with van der Waals surface area (Å²) >= 11 is 0. The number of H-pyrrole nitrogens is 1. The lowest BCUT2D eigenvalue weighted by atomic mass is 10.1. The van der Waals surface area contributed by atoms with Crippen LogP contribution >= 0.6 is 0 Å². The van der Waals surface area contributed by atoms with Crippen molar-refractivity contribution in [3.8, 4) is 0 Å². The summed E-state index contributed by atoms with van der Waals surface area (Å²) < 4.78 is 0. The highest BCUT2D eigenvalue weighted by atomic mass is 16.2. The number of hydrogen-bond donors (Lipinski definition) is 3. The van der Waals surface area contributed by atoms with Crippen molar-refractivity contribution >= 4 is 22.7 Å². The van der Waals surface area contributed by atoms with E-state index in [-0.39, 0.29) is 23.4 Å². The van der Waals surface area contributed by atoms with Gasteiger partial charge in [0.25, 0.3) is 5.91 Å². The molecule has 19 heavy (non-hydrogen) atoms. The number of likely N-dealkylation sites (N-methyl/N-ethyl adjacent to an activating group) is 1. The average molecular weight is 259 g/mol. The standard InChI is InChI=1S/C13H13N3O3/c1-14-11(17)7-16-13(19)9-6-15-10-5-3-2-4-8(10)12(9)18/h2-6H,7H2,1H3,(H,14,17)(H,15,18)(H,16,19). The van der Waals surface area contributed by atoms with Gasteiger partial charge in [0.15, 0.2) is 0 Å². The van der Waals surface area contributed by atoms with Crippen LogP contribution < -0.4 is 16.1 Å². The molecule has 0 aliphatic heterocycles. The first kappa shape index (κ1) is 12.8. The molecule has 1 aromatic carbocycles. The molecule has 0 atom stereocenters. The Morgan fingerprint density at radius 2 is 2.00 bits per heavy atom. The summed E-state index contributed by atoms with van der Waals surface area (Å²) in [5.41, 5.74) is 0.293. The number of carbonyl (C=O) groups is 2. The minimum atomic E-state index is -0.574. The second-order valence-electron chi connectivity index (χ2n) is 3.93. The van der Waals surface area contributed by atoms with Gasteiger partial charge < -0.3 is 15.6 Å². The molecule has 0 aliphatic carbocycles. The number of hydrogen-bond acceptors (Lipinski definition) is 3. The van der Waals surface area contributed by atoms with E-state index in [1.54, 1.807) is 24.3 Å². The first-order chi connectivity index (χ1) is 9.13. The Bertz CT molecular complexity index is 691. The van der Waals surface area contributed by atoms with E-state index in [0.717, 1.165) is 0 Å². The molecule has 6 nitrogen and oxygen atoms in total. The summed E-state index contributed by atoms with van der Waals surface area (Å²) in [6.45, 7) is -0.165. The number of carbonyl (C=O) groups excluding carboxylic acids is 2. The lowest BCUT2D eigenvalue weighted by Gasteiger charge is -2.05. The van der Waals surface area contributed by atoms with Gasteiger partial charge in [0.2, 0.25) is 11.3 Å². The maximum Gasteiger partial charge on any atom is 0.257 e. The molecule has 0 fully saturated rings. The summed E-state index contributed by atoms with van der Waals surface area (Å²) in [7, 11) is 1.47. The van der Waals surface area contributed by atoms with Crippen LogP contribution in [0, 0.1) is 0 Å². The predicted molar refractivity (Wildman–Crippen MR) is 71.0 cm³/mol. The summed E-state index contributed by atoms with van der Waals surface area (Å²) in [6, 6.07) is 6.92. The largest absolute Gasteiger partial charge is 0.360 e. The number of amides is 2. The topological polar surface area (TPSA) is 91.1 Å². The Labute approximate surface area is 108 Å². The molecule has 2 aromatic rings. The van der Waals surface area contributed by atoms with E-state index >= 15 is 0 Å². The van der Waals surface area contributed by atoms with Crippen LogP contribution in [0.3, 0.4) is 0 Å². The van der Waals surface area contributed by atoms with Gasteiger partial charge in [-0.15, -0.1) is 0 Å². The zero-order valence-electron chi connectivity index (χ0n) is 10.3. The van der Waals surface area contributed by atoms with Gasteiger partial charge in [-0.1, -0.05) is 12.1 Å². The van der Waals surface area contributed by atoms with Crippen molar-refractivity contribution < 1.29 is 9.59 Å². The van der Waals surface area contributed by atoms with Crippen molar-refractivity contribution in [2.45, 2.75) is 0 Å². The van der Waals surface area contributed by atoms with Crippen LogP contribution in [0.5, 0.6) is 0 Å². The first-order valence-electron chi connectivity index (χ1n) is 5.72. The molecule has 2 amide bonds. The molecule has 98 valence electrons. The van der Waals surface area contributed by atoms with Crippen LogP contribution in [-0.2, 0) is 4.79 Å². The fourth-order valence-electron chi connectivity index (χ4n) is 1.68. The molecule has 0 spiro atoms. The highest BCUT2D eigenvalue weighted by molar-refractivity contribution is 5.98. The fraction of sp³-hybridized carbons (Fsp3) is 0.154. The average Bonchev–Trinajstić information content (AvgIpc) is 2.45. The van der Waals surface area contributed by atoms with Crippen LogP contribution in [0.15, 0.2) is 35.3 Å². The minimum absolute atomic E-state index is 0.0115. The molecule has 0 saturated carbocycles. The molecular weight excluding hydrogens is 246 g/mol. The van der Waals surface area contributed by atoms with Crippen molar-refractivity contribution in [2.75, 3.05) is 13.6 Å². The van der Waals surface area contributed by atoms with E-state index in [2.05, 4.69) is 15.6 Å². The maximum atomic E-state index is 12.1. The van der Waals surface area contributed by atoms with E-state index in [4.69, 9.17) is 0 Å². The smallest absolute Gasteiger partial charge is 0.257 e. The number of aromatic nitrogens is 1. The Morgan fingerprint density at radius 3 is 2.74 bits per heavy atom. The molecule has 1 heterocycles. The molecule has 0 unspecified atom stereocenters. The number of rotatable bonds is 3. The zero-order valence-corrected chi connectivity index (χ0v) is 10.3. The molecule has 1 aromatic heterocycles. The van der Waals surface area contributed by atoms with Crippen molar-refractivity contribution in [3.63, 3.8) is 0 Å². The maximum absolute atomic E-state index is 12.1. The number of pyridine rings is 1. The lowest BCUT2D eigenvalue weighted by Crippen LogP contribution is -2.37. The molecule has 0 saturated heterocycles. The molecule has 0 radical (unpaired) electrons. The van der Waals surface area contributed by atoms with Gasteiger partial charge in [-0.2, -0.15) is 0 Å². The number of aromatic amines is 1. The van der Waals surface area contributed by atoms with Crippen LogP contribution in [0.1, 0.15) is 10.4 Å². The Hall–Kier alpha value is -2.63. The van der Waals surface area contributed by atoms with E-state index < -0.39 is 5.91 Å². The molecule has 0 bridgehead atoms. The van der Waals surface area contributed by atoms with Crippen molar-refractivity contribution in [2.24, 2.45) is 0 Å². The van der Waals surface area contributed by atoms with Crippen molar-refractivity contribution in [1.82, 2.24) is 15.6 Å². The molecule has 3 N–H and O–H groups in total. The monoisotopic (exact) mass is 259 g/mol. The van der Waals surface area contributed by atoms with Crippen LogP contribution in [-0.4, -0.2) is 30.4 Å². The number of nitrogens with one attached hydrogen (secondary N) is 3. The van der Waals surface area contributed by atoms with Gasteiger partial charge >= 0.3 is 0 Å². The van der Waals surface area contributed by atoms with Gasteiger partial charge in [-0.3, -0.25) is 14.4 Å². The van der Waals surface area contributed by atoms with Gasteiger partial charge in [0.05, 0.1) is 6.54 Å². The highest BCUT2D eigenvalue weighted by Gasteiger charge is 2.13.